The van der Waals surface area contributed by atoms with Crippen LogP contribution in [0.2, 0.25) is 0 Å². The molecule has 0 spiro atoms. The summed E-state index contributed by atoms with van der Waals surface area (Å²) in [5, 5.41) is 11.9. The van der Waals surface area contributed by atoms with E-state index in [9.17, 15) is 9.59 Å². The second-order valence-corrected chi connectivity index (χ2v) is 5.48. The van der Waals surface area contributed by atoms with E-state index in [1.165, 1.54) is 5.56 Å². The summed E-state index contributed by atoms with van der Waals surface area (Å²) in [6.07, 6.45) is 2.27. The quantitative estimate of drug-likeness (QED) is 0.723. The molecule has 0 aliphatic rings. The lowest BCUT2D eigenvalue weighted by Gasteiger charge is -2.19. The van der Waals surface area contributed by atoms with Crippen LogP contribution in [0.5, 0.6) is 0 Å². The number of likely N-dealkylation sites (N-methyl/N-ethyl adjacent to an activating group) is 1. The minimum absolute atomic E-state index is 0. The van der Waals surface area contributed by atoms with Crippen LogP contribution in [0.25, 0.3) is 0 Å². The zero-order valence-corrected chi connectivity index (χ0v) is 14.9. The molecule has 6 heteroatoms. The third-order valence-corrected chi connectivity index (χ3v) is 3.65. The summed E-state index contributed by atoms with van der Waals surface area (Å²) >= 11 is 0. The number of amides is 1. The number of aryl methyl sites for hydroxylation is 1. The first kappa shape index (κ1) is 21.4. The molecule has 2 N–H and O–H groups in total. The highest BCUT2D eigenvalue weighted by atomic mass is 35.5. The number of nitrogens with zero attached hydrogens (tertiary/aromatic N) is 1. The molecule has 1 rings (SSSR count). The van der Waals surface area contributed by atoms with Crippen LogP contribution in [0.1, 0.15) is 37.8 Å². The van der Waals surface area contributed by atoms with Crippen molar-refractivity contribution in [2.75, 3.05) is 13.6 Å². The summed E-state index contributed by atoms with van der Waals surface area (Å²) in [5.41, 5.74) is 2.33. The summed E-state index contributed by atoms with van der Waals surface area (Å²) in [7, 11) is 1.73. The van der Waals surface area contributed by atoms with E-state index < -0.39 is 12.0 Å². The predicted molar refractivity (Wildman–Crippen MR) is 93.9 cm³/mol. The number of aliphatic carboxylic acids is 1. The fourth-order valence-electron chi connectivity index (χ4n) is 2.19. The predicted octanol–water partition coefficient (Wildman–Crippen LogP) is 2.47. The van der Waals surface area contributed by atoms with E-state index in [0.717, 1.165) is 18.4 Å². The minimum Gasteiger partial charge on any atom is -0.480 e. The molecule has 0 saturated carbocycles. The van der Waals surface area contributed by atoms with Gasteiger partial charge in [-0.15, -0.1) is 12.4 Å². The number of carboxylic acid groups (broad SMARTS) is 1. The van der Waals surface area contributed by atoms with Gasteiger partial charge in [0.25, 0.3) is 0 Å². The largest absolute Gasteiger partial charge is 0.480 e. The molecule has 0 radical (unpaired) electrons. The van der Waals surface area contributed by atoms with Crippen LogP contribution in [0.4, 0.5) is 0 Å². The van der Waals surface area contributed by atoms with Crippen molar-refractivity contribution in [1.29, 1.82) is 0 Å². The topological polar surface area (TPSA) is 69.6 Å². The average molecular weight is 343 g/mol. The van der Waals surface area contributed by atoms with Crippen molar-refractivity contribution in [3.63, 3.8) is 0 Å². The second kappa shape index (κ2) is 11.0. The van der Waals surface area contributed by atoms with Crippen LogP contribution in [0, 0.1) is 0 Å². The molecule has 23 heavy (non-hydrogen) atoms. The maximum atomic E-state index is 12.1. The molecule has 1 aromatic carbocycles. The van der Waals surface area contributed by atoms with Crippen LogP contribution in [-0.2, 0) is 22.6 Å². The van der Waals surface area contributed by atoms with E-state index >= 15 is 0 Å². The molecule has 0 fully saturated rings. The number of carbonyl (C=O) groups excluding carboxylic acids is 1. The number of halogens is 1. The summed E-state index contributed by atoms with van der Waals surface area (Å²) in [6, 6.07) is 7.51. The Morgan fingerprint density at radius 2 is 1.74 bits per heavy atom. The third-order valence-electron chi connectivity index (χ3n) is 3.65. The van der Waals surface area contributed by atoms with Crippen molar-refractivity contribution in [2.45, 2.75) is 45.7 Å². The van der Waals surface area contributed by atoms with Crippen LogP contribution in [0.15, 0.2) is 24.3 Å². The second-order valence-electron chi connectivity index (χ2n) is 5.48. The normalized spacial score (nSPS) is 11.4. The molecule has 130 valence electrons. The van der Waals surface area contributed by atoms with Gasteiger partial charge in [0.2, 0.25) is 5.91 Å². The Kier molecular flexibility index (Phi) is 10.3. The van der Waals surface area contributed by atoms with Crippen molar-refractivity contribution in [1.82, 2.24) is 10.2 Å². The summed E-state index contributed by atoms with van der Waals surface area (Å²) < 4.78 is 0. The lowest BCUT2D eigenvalue weighted by Crippen LogP contribution is -2.43. The highest BCUT2D eigenvalue weighted by Crippen LogP contribution is 2.07. The molecule has 0 heterocycles. The maximum Gasteiger partial charge on any atom is 0.320 e. The standard InChI is InChI=1S/C17H26N2O3.ClH/c1-4-6-15(17(21)22)18-11-16(20)19(3)12-14-9-7-13(5-2)8-10-14;/h7-10,15,18H,4-6,11-12H2,1-3H3,(H,21,22);1H. The minimum atomic E-state index is -0.910. The van der Waals surface area contributed by atoms with Gasteiger partial charge in [0, 0.05) is 13.6 Å². The number of hydrogen-bond acceptors (Lipinski definition) is 3. The Morgan fingerprint density at radius 3 is 2.22 bits per heavy atom. The van der Waals surface area contributed by atoms with Gasteiger partial charge in [-0.1, -0.05) is 44.5 Å². The zero-order chi connectivity index (χ0) is 16.5. The molecule has 0 bridgehead atoms. The van der Waals surface area contributed by atoms with E-state index in [1.54, 1.807) is 11.9 Å². The Labute approximate surface area is 144 Å². The van der Waals surface area contributed by atoms with Crippen molar-refractivity contribution >= 4 is 24.3 Å². The number of rotatable bonds is 9. The molecule has 0 aliphatic carbocycles. The van der Waals surface area contributed by atoms with Crippen LogP contribution >= 0.6 is 12.4 Å². The van der Waals surface area contributed by atoms with Crippen LogP contribution < -0.4 is 5.32 Å². The van der Waals surface area contributed by atoms with Gasteiger partial charge in [-0.2, -0.15) is 0 Å². The van der Waals surface area contributed by atoms with E-state index in [0.29, 0.717) is 13.0 Å². The lowest BCUT2D eigenvalue weighted by atomic mass is 10.1. The molecule has 1 unspecified atom stereocenters. The fourth-order valence-corrected chi connectivity index (χ4v) is 2.19. The first-order valence-corrected chi connectivity index (χ1v) is 7.75. The molecule has 1 amide bonds. The van der Waals surface area contributed by atoms with Gasteiger partial charge in [0.05, 0.1) is 6.54 Å². The van der Waals surface area contributed by atoms with E-state index in [1.807, 2.05) is 19.1 Å². The van der Waals surface area contributed by atoms with Gasteiger partial charge in [-0.3, -0.25) is 14.9 Å². The van der Waals surface area contributed by atoms with Gasteiger partial charge in [0.15, 0.2) is 0 Å². The van der Waals surface area contributed by atoms with E-state index in [-0.39, 0.29) is 24.9 Å². The first-order valence-electron chi connectivity index (χ1n) is 7.75. The monoisotopic (exact) mass is 342 g/mol. The number of nitrogens with one attached hydrogen (secondary N) is 1. The molecular weight excluding hydrogens is 316 g/mol. The number of carbonyl (C=O) groups is 2. The summed E-state index contributed by atoms with van der Waals surface area (Å²) in [5.74, 6) is -1.02. The molecule has 0 saturated heterocycles. The van der Waals surface area contributed by atoms with Crippen molar-refractivity contribution in [2.24, 2.45) is 0 Å². The van der Waals surface area contributed by atoms with Gasteiger partial charge in [-0.25, -0.2) is 0 Å². The smallest absolute Gasteiger partial charge is 0.320 e. The highest BCUT2D eigenvalue weighted by Gasteiger charge is 2.18. The molecule has 1 atom stereocenters. The number of carboxylic acids is 1. The Hall–Kier alpha value is -1.59. The maximum absolute atomic E-state index is 12.1. The molecule has 5 nitrogen and oxygen atoms in total. The van der Waals surface area contributed by atoms with E-state index in [2.05, 4.69) is 24.4 Å². The SMILES string of the molecule is CCCC(NCC(=O)N(C)Cc1ccc(CC)cc1)C(=O)O.Cl. The molecule has 1 aromatic rings. The van der Waals surface area contributed by atoms with Crippen molar-refractivity contribution < 1.29 is 14.7 Å². The van der Waals surface area contributed by atoms with Gasteiger partial charge >= 0.3 is 5.97 Å². The summed E-state index contributed by atoms with van der Waals surface area (Å²) in [6.45, 7) is 4.59. The van der Waals surface area contributed by atoms with Crippen LogP contribution in [0.3, 0.4) is 0 Å². The zero-order valence-electron chi connectivity index (χ0n) is 14.0. The van der Waals surface area contributed by atoms with Crippen molar-refractivity contribution in [3.8, 4) is 0 Å². The Balaban J connectivity index is 0.00000484. The fraction of sp³-hybridized carbons (Fsp3) is 0.529. The van der Waals surface area contributed by atoms with Crippen molar-refractivity contribution in [3.05, 3.63) is 35.4 Å². The molecule has 0 aliphatic heterocycles. The summed E-state index contributed by atoms with van der Waals surface area (Å²) in [4.78, 5) is 24.7. The molecule has 0 aromatic heterocycles. The molecular formula is C17H27ClN2O3. The lowest BCUT2D eigenvalue weighted by molar-refractivity contribution is -0.140. The highest BCUT2D eigenvalue weighted by molar-refractivity contribution is 5.85. The third kappa shape index (κ3) is 7.48. The van der Waals surface area contributed by atoms with Gasteiger partial charge < -0.3 is 10.0 Å². The van der Waals surface area contributed by atoms with Crippen LogP contribution in [-0.4, -0.2) is 41.5 Å². The average Bonchev–Trinajstić information content (AvgIpc) is 2.51. The Bertz CT molecular complexity index is 491. The first-order chi connectivity index (χ1) is 10.5. The van der Waals surface area contributed by atoms with E-state index in [4.69, 9.17) is 5.11 Å². The Morgan fingerprint density at radius 1 is 1.17 bits per heavy atom. The van der Waals surface area contributed by atoms with Gasteiger partial charge in [-0.05, 0) is 24.0 Å². The number of hydrogen-bond donors (Lipinski definition) is 2. The van der Waals surface area contributed by atoms with Gasteiger partial charge in [0.1, 0.15) is 6.04 Å². The number of benzene rings is 1.